The molecule has 0 aromatic heterocycles. The first kappa shape index (κ1) is 22.2. The highest BCUT2D eigenvalue weighted by atomic mass is 127. The zero-order valence-corrected chi connectivity index (χ0v) is 18.4. The molecule has 1 N–H and O–H groups in total. The third-order valence-corrected chi connectivity index (χ3v) is 5.01. The van der Waals surface area contributed by atoms with Gasteiger partial charge in [0.2, 0.25) is 0 Å². The van der Waals surface area contributed by atoms with Gasteiger partial charge in [0.25, 0.3) is 0 Å². The van der Waals surface area contributed by atoms with E-state index in [9.17, 15) is 4.39 Å². The molecule has 1 aromatic carbocycles. The summed E-state index contributed by atoms with van der Waals surface area (Å²) in [6, 6.07) is 5.46. The fourth-order valence-corrected chi connectivity index (χ4v) is 3.63. The molecular weight excluding hydrogens is 462 g/mol. The van der Waals surface area contributed by atoms with E-state index in [1.807, 2.05) is 17.0 Å². The van der Waals surface area contributed by atoms with Crippen LogP contribution in [0.3, 0.4) is 0 Å². The molecule has 0 radical (unpaired) electrons. The van der Waals surface area contributed by atoms with Gasteiger partial charge in [-0.3, -0.25) is 4.99 Å². The molecule has 27 heavy (non-hydrogen) atoms. The number of methoxy groups -OCH3 is 1. The van der Waals surface area contributed by atoms with Crippen molar-refractivity contribution in [3.63, 3.8) is 0 Å². The molecule has 8 heteroatoms. The Morgan fingerprint density at radius 2 is 2.11 bits per heavy atom. The minimum atomic E-state index is -0.178. The third kappa shape index (κ3) is 5.92. The zero-order valence-electron chi connectivity index (χ0n) is 16.1. The number of hydrogen-bond donors (Lipinski definition) is 1. The predicted octanol–water partition coefficient (Wildman–Crippen LogP) is 2.32. The second-order valence-corrected chi connectivity index (χ2v) is 6.84. The highest BCUT2D eigenvalue weighted by Crippen LogP contribution is 2.22. The fourth-order valence-electron chi connectivity index (χ4n) is 3.63. The van der Waals surface area contributed by atoms with Crippen molar-refractivity contribution in [2.24, 2.45) is 10.9 Å². The summed E-state index contributed by atoms with van der Waals surface area (Å²) in [5, 5.41) is 3.35. The Kier molecular flexibility index (Phi) is 9.04. The van der Waals surface area contributed by atoms with E-state index in [-0.39, 0.29) is 29.8 Å². The van der Waals surface area contributed by atoms with Crippen LogP contribution in [0.25, 0.3) is 0 Å². The number of morpholine rings is 1. The average Bonchev–Trinajstić information content (AvgIpc) is 3.12. The summed E-state index contributed by atoms with van der Waals surface area (Å²) >= 11 is 0. The smallest absolute Gasteiger partial charge is 0.193 e. The van der Waals surface area contributed by atoms with E-state index in [0.717, 1.165) is 50.7 Å². The van der Waals surface area contributed by atoms with Gasteiger partial charge in [-0.05, 0) is 24.1 Å². The summed E-state index contributed by atoms with van der Waals surface area (Å²) in [4.78, 5) is 8.64. The van der Waals surface area contributed by atoms with Crippen LogP contribution in [0.2, 0.25) is 0 Å². The van der Waals surface area contributed by atoms with Crippen LogP contribution < -0.4 is 10.2 Å². The van der Waals surface area contributed by atoms with Crippen molar-refractivity contribution in [2.75, 3.05) is 65.1 Å². The number of halogens is 2. The molecule has 2 fully saturated rings. The molecule has 0 aliphatic carbocycles. The summed E-state index contributed by atoms with van der Waals surface area (Å²) in [6.07, 6.45) is 1.11. The lowest BCUT2D eigenvalue weighted by atomic mass is 10.1. The van der Waals surface area contributed by atoms with Gasteiger partial charge in [0, 0.05) is 52.8 Å². The van der Waals surface area contributed by atoms with Crippen molar-refractivity contribution >= 4 is 35.6 Å². The van der Waals surface area contributed by atoms with Crippen LogP contribution >= 0.6 is 24.0 Å². The molecule has 2 aliphatic heterocycles. The van der Waals surface area contributed by atoms with Crippen LogP contribution in [-0.2, 0) is 16.0 Å². The molecule has 1 unspecified atom stereocenters. The van der Waals surface area contributed by atoms with Crippen LogP contribution in [0, 0.1) is 11.7 Å². The molecule has 2 heterocycles. The van der Waals surface area contributed by atoms with Gasteiger partial charge in [-0.1, -0.05) is 6.07 Å². The number of nitrogens with one attached hydrogen (secondary N) is 1. The standard InChI is InChI=1S/C19H29FN4O2.HI/c1-21-19(24-6-5-16(13-24)14-25-2)22-12-15-3-4-18(17(20)11-15)23-7-9-26-10-8-23;/h3-4,11,16H,5-10,12-14H2,1-2H3,(H,21,22);1H. The minimum Gasteiger partial charge on any atom is -0.384 e. The maximum atomic E-state index is 14.5. The van der Waals surface area contributed by atoms with Crippen molar-refractivity contribution < 1.29 is 13.9 Å². The van der Waals surface area contributed by atoms with E-state index in [2.05, 4.69) is 15.2 Å². The normalized spacial score (nSPS) is 20.6. The van der Waals surface area contributed by atoms with Gasteiger partial charge in [0.05, 0.1) is 25.5 Å². The molecule has 0 spiro atoms. The first-order valence-corrected chi connectivity index (χ1v) is 9.27. The monoisotopic (exact) mass is 492 g/mol. The van der Waals surface area contributed by atoms with E-state index in [1.54, 1.807) is 20.2 Å². The number of benzene rings is 1. The Morgan fingerprint density at radius 1 is 1.33 bits per heavy atom. The van der Waals surface area contributed by atoms with Gasteiger partial charge in [-0.15, -0.1) is 24.0 Å². The number of anilines is 1. The number of guanidine groups is 1. The Morgan fingerprint density at radius 3 is 2.78 bits per heavy atom. The van der Waals surface area contributed by atoms with Gasteiger partial charge in [0.15, 0.2) is 5.96 Å². The zero-order chi connectivity index (χ0) is 18.4. The summed E-state index contributed by atoms with van der Waals surface area (Å²) in [6.45, 7) is 6.02. The van der Waals surface area contributed by atoms with Crippen LogP contribution in [0.15, 0.2) is 23.2 Å². The maximum Gasteiger partial charge on any atom is 0.193 e. The average molecular weight is 492 g/mol. The molecule has 152 valence electrons. The number of hydrogen-bond acceptors (Lipinski definition) is 4. The lowest BCUT2D eigenvalue weighted by Gasteiger charge is -2.29. The molecular formula is C19H30FIN4O2. The molecule has 0 saturated carbocycles. The lowest BCUT2D eigenvalue weighted by Crippen LogP contribution is -2.40. The summed E-state index contributed by atoms with van der Waals surface area (Å²) in [7, 11) is 3.53. The van der Waals surface area contributed by atoms with Crippen LogP contribution in [0.1, 0.15) is 12.0 Å². The summed E-state index contributed by atoms with van der Waals surface area (Å²) < 4.78 is 25.1. The van der Waals surface area contributed by atoms with Crippen molar-refractivity contribution in [2.45, 2.75) is 13.0 Å². The lowest BCUT2D eigenvalue weighted by molar-refractivity contribution is 0.122. The van der Waals surface area contributed by atoms with Crippen LogP contribution in [-0.4, -0.2) is 71.0 Å². The molecule has 2 saturated heterocycles. The van der Waals surface area contributed by atoms with E-state index in [0.29, 0.717) is 31.4 Å². The second kappa shape index (κ2) is 11.0. The van der Waals surface area contributed by atoms with E-state index < -0.39 is 0 Å². The highest BCUT2D eigenvalue weighted by Gasteiger charge is 2.24. The van der Waals surface area contributed by atoms with Gasteiger partial charge in [-0.25, -0.2) is 4.39 Å². The third-order valence-electron chi connectivity index (χ3n) is 5.01. The highest BCUT2D eigenvalue weighted by molar-refractivity contribution is 14.0. The van der Waals surface area contributed by atoms with Crippen molar-refractivity contribution in [3.05, 3.63) is 29.6 Å². The summed E-state index contributed by atoms with van der Waals surface area (Å²) in [5.74, 6) is 1.23. The largest absolute Gasteiger partial charge is 0.384 e. The number of aliphatic imine (C=N–C) groups is 1. The quantitative estimate of drug-likeness (QED) is 0.389. The molecule has 1 aromatic rings. The van der Waals surface area contributed by atoms with E-state index >= 15 is 0 Å². The number of ether oxygens (including phenoxy) is 2. The molecule has 3 rings (SSSR count). The van der Waals surface area contributed by atoms with Crippen LogP contribution in [0.5, 0.6) is 0 Å². The number of likely N-dealkylation sites (tertiary alicyclic amines) is 1. The Balaban J connectivity index is 0.00000261. The van der Waals surface area contributed by atoms with Gasteiger partial charge in [0.1, 0.15) is 5.82 Å². The molecule has 0 amide bonds. The van der Waals surface area contributed by atoms with Gasteiger partial charge >= 0.3 is 0 Å². The van der Waals surface area contributed by atoms with Gasteiger partial charge < -0.3 is 24.6 Å². The van der Waals surface area contributed by atoms with Crippen molar-refractivity contribution in [1.29, 1.82) is 0 Å². The molecule has 2 aliphatic rings. The van der Waals surface area contributed by atoms with Crippen molar-refractivity contribution in [1.82, 2.24) is 10.2 Å². The summed E-state index contributed by atoms with van der Waals surface area (Å²) in [5.41, 5.74) is 1.57. The predicted molar refractivity (Wildman–Crippen MR) is 117 cm³/mol. The van der Waals surface area contributed by atoms with Gasteiger partial charge in [-0.2, -0.15) is 0 Å². The molecule has 6 nitrogen and oxygen atoms in total. The Hall–Kier alpha value is -1.13. The molecule has 0 bridgehead atoms. The number of nitrogens with zero attached hydrogens (tertiary/aromatic N) is 3. The van der Waals surface area contributed by atoms with Crippen LogP contribution in [0.4, 0.5) is 10.1 Å². The fraction of sp³-hybridized carbons (Fsp3) is 0.632. The first-order chi connectivity index (χ1) is 12.7. The molecule has 1 atom stereocenters. The van der Waals surface area contributed by atoms with E-state index in [1.165, 1.54) is 0 Å². The second-order valence-electron chi connectivity index (χ2n) is 6.84. The minimum absolute atomic E-state index is 0. The first-order valence-electron chi connectivity index (χ1n) is 9.27. The van der Waals surface area contributed by atoms with Crippen molar-refractivity contribution in [3.8, 4) is 0 Å². The topological polar surface area (TPSA) is 49.3 Å². The maximum absolute atomic E-state index is 14.5. The number of rotatable bonds is 5. The van der Waals surface area contributed by atoms with E-state index in [4.69, 9.17) is 9.47 Å². The Bertz CT molecular complexity index is 626. The Labute approximate surface area is 178 Å². The SMILES string of the molecule is CN=C(NCc1ccc(N2CCOCC2)c(F)c1)N1CCC(COC)C1.I.